The molecule has 1 aliphatic rings. The van der Waals surface area contributed by atoms with Gasteiger partial charge in [-0.2, -0.15) is 0 Å². The highest BCUT2D eigenvalue weighted by molar-refractivity contribution is 7.76. The van der Waals surface area contributed by atoms with Crippen LogP contribution in [-0.2, 0) is 22.3 Å². The number of para-hydroxylation sites is 1. The van der Waals surface area contributed by atoms with Crippen LogP contribution in [0, 0.1) is 13.8 Å². The molecule has 0 radical (unpaired) electrons. The molecule has 1 aliphatic heterocycles. The number of carbonyl (C=O) groups excluding carboxylic acids is 1. The Bertz CT molecular complexity index is 1090. The van der Waals surface area contributed by atoms with Gasteiger partial charge in [0.25, 0.3) is 0 Å². The van der Waals surface area contributed by atoms with Crippen LogP contribution in [0.3, 0.4) is 0 Å². The molecule has 1 aromatic heterocycles. The SMILES string of the molecule is C[SH+]Cc1cc(N2CCOCC2)nc(-c2ccc(NC(=O)Nc3c(C)cccc3C)cc2)n1. The molecule has 1 saturated heterocycles. The molecule has 0 saturated carbocycles. The van der Waals surface area contributed by atoms with E-state index in [2.05, 4.69) is 27.9 Å². The monoisotopic (exact) mass is 464 g/mol. The van der Waals surface area contributed by atoms with Crippen molar-refractivity contribution < 1.29 is 9.53 Å². The Hall–Kier alpha value is -3.10. The van der Waals surface area contributed by atoms with Gasteiger partial charge < -0.3 is 20.3 Å². The number of carbonyl (C=O) groups is 1. The molecule has 172 valence electrons. The van der Waals surface area contributed by atoms with Gasteiger partial charge in [0.2, 0.25) is 0 Å². The minimum Gasteiger partial charge on any atom is -0.378 e. The second kappa shape index (κ2) is 10.7. The Balaban J connectivity index is 1.50. The summed E-state index contributed by atoms with van der Waals surface area (Å²) >= 11 is 1.26. The summed E-state index contributed by atoms with van der Waals surface area (Å²) in [7, 11) is 0. The molecule has 0 atom stereocenters. The molecule has 33 heavy (non-hydrogen) atoms. The third-order valence-corrected chi connectivity index (χ3v) is 6.18. The Morgan fingerprint density at radius 1 is 1.03 bits per heavy atom. The maximum Gasteiger partial charge on any atom is 0.323 e. The molecular weight excluding hydrogens is 434 g/mol. The maximum atomic E-state index is 12.5. The van der Waals surface area contributed by atoms with Crippen LogP contribution in [-0.4, -0.2) is 48.6 Å². The topological polar surface area (TPSA) is 79.4 Å². The van der Waals surface area contributed by atoms with Crippen LogP contribution in [0.4, 0.5) is 22.0 Å². The van der Waals surface area contributed by atoms with Crippen LogP contribution in [0.25, 0.3) is 11.4 Å². The zero-order valence-electron chi connectivity index (χ0n) is 19.3. The number of nitrogens with one attached hydrogen (secondary N) is 2. The molecule has 0 unspecified atom stereocenters. The van der Waals surface area contributed by atoms with Gasteiger partial charge >= 0.3 is 6.03 Å². The zero-order valence-corrected chi connectivity index (χ0v) is 20.2. The summed E-state index contributed by atoms with van der Waals surface area (Å²) in [6.07, 6.45) is 2.13. The Morgan fingerprint density at radius 3 is 2.39 bits per heavy atom. The third-order valence-electron chi connectivity index (χ3n) is 5.54. The summed E-state index contributed by atoms with van der Waals surface area (Å²) in [5.74, 6) is 2.52. The van der Waals surface area contributed by atoms with Gasteiger partial charge in [-0.05, 0) is 61.0 Å². The standard InChI is InChI=1S/C25H29N5O2S/c1-17-5-4-6-18(2)23(17)29-25(31)27-20-9-7-19(8-10-20)24-26-21(16-33-3)15-22(28-24)30-11-13-32-14-12-30/h4-10,15H,11-14,16H2,1-3H3,(H2,27,29,31)/p+1. The lowest BCUT2D eigenvalue weighted by molar-refractivity contribution is 0.122. The Kier molecular flexibility index (Phi) is 7.47. The van der Waals surface area contributed by atoms with Gasteiger partial charge in [-0.1, -0.05) is 18.2 Å². The quantitative estimate of drug-likeness (QED) is 0.423. The summed E-state index contributed by atoms with van der Waals surface area (Å²) in [6, 6.07) is 15.4. The third kappa shape index (κ3) is 5.83. The predicted molar refractivity (Wildman–Crippen MR) is 137 cm³/mol. The lowest BCUT2D eigenvalue weighted by atomic mass is 10.1. The molecule has 2 N–H and O–H groups in total. The number of nitrogens with zero attached hydrogens (tertiary/aromatic N) is 3. The van der Waals surface area contributed by atoms with Crippen LogP contribution >= 0.6 is 0 Å². The number of ether oxygens (including phenoxy) is 1. The number of amides is 2. The first kappa shape index (κ1) is 23.1. The molecule has 0 aliphatic carbocycles. The number of aromatic nitrogens is 2. The van der Waals surface area contributed by atoms with Crippen LogP contribution in [0.2, 0.25) is 0 Å². The van der Waals surface area contributed by atoms with E-state index in [4.69, 9.17) is 14.7 Å². The fourth-order valence-electron chi connectivity index (χ4n) is 3.80. The summed E-state index contributed by atoms with van der Waals surface area (Å²) in [5, 5.41) is 5.85. The van der Waals surface area contributed by atoms with Crippen LogP contribution in [0.15, 0.2) is 48.5 Å². The predicted octanol–water partition coefficient (Wildman–Crippen LogP) is 4.19. The number of rotatable bonds is 6. The number of thiol groups is 1. The fourth-order valence-corrected chi connectivity index (χ4v) is 4.29. The second-order valence-electron chi connectivity index (χ2n) is 8.04. The summed E-state index contributed by atoms with van der Waals surface area (Å²) in [4.78, 5) is 24.4. The largest absolute Gasteiger partial charge is 0.378 e. The molecule has 8 heteroatoms. The van der Waals surface area contributed by atoms with Gasteiger partial charge in [0.05, 0.1) is 25.2 Å². The van der Waals surface area contributed by atoms with Crippen molar-refractivity contribution in [1.82, 2.24) is 9.97 Å². The smallest absolute Gasteiger partial charge is 0.323 e. The normalized spacial score (nSPS) is 13.6. The summed E-state index contributed by atoms with van der Waals surface area (Å²) in [5.41, 5.74) is 5.54. The number of urea groups is 1. The van der Waals surface area contributed by atoms with E-state index in [1.807, 2.05) is 56.3 Å². The first-order chi connectivity index (χ1) is 16.0. The number of aryl methyl sites for hydroxylation is 2. The van der Waals surface area contributed by atoms with Crippen molar-refractivity contribution in [3.63, 3.8) is 0 Å². The molecule has 1 fully saturated rings. The Morgan fingerprint density at radius 2 is 1.73 bits per heavy atom. The van der Waals surface area contributed by atoms with Gasteiger partial charge in [0, 0.05) is 36.1 Å². The average Bonchev–Trinajstić information content (AvgIpc) is 2.83. The average molecular weight is 465 g/mol. The van der Waals surface area contributed by atoms with Crippen LogP contribution in [0.5, 0.6) is 0 Å². The second-order valence-corrected chi connectivity index (χ2v) is 8.99. The highest BCUT2D eigenvalue weighted by Crippen LogP contribution is 2.24. The highest BCUT2D eigenvalue weighted by Gasteiger charge is 2.16. The van der Waals surface area contributed by atoms with Crippen molar-refractivity contribution in [2.45, 2.75) is 19.6 Å². The van der Waals surface area contributed by atoms with E-state index in [0.29, 0.717) is 24.7 Å². The van der Waals surface area contributed by atoms with Gasteiger partial charge in [0.15, 0.2) is 5.82 Å². The minimum absolute atomic E-state index is 0.269. The molecule has 2 aromatic carbocycles. The molecule has 4 rings (SSSR count). The lowest BCUT2D eigenvalue weighted by Crippen LogP contribution is -2.37. The van der Waals surface area contributed by atoms with E-state index < -0.39 is 0 Å². The molecule has 3 aromatic rings. The molecule has 7 nitrogen and oxygen atoms in total. The molecule has 2 heterocycles. The number of hydrogen-bond acceptors (Lipinski definition) is 5. The van der Waals surface area contributed by atoms with E-state index in [-0.39, 0.29) is 6.03 Å². The first-order valence-corrected chi connectivity index (χ1v) is 12.6. The van der Waals surface area contributed by atoms with Crippen LogP contribution < -0.4 is 15.5 Å². The maximum absolute atomic E-state index is 12.5. The molecular formula is C25H30N5O2S+. The van der Waals surface area contributed by atoms with Crippen molar-refractivity contribution in [3.8, 4) is 11.4 Å². The van der Waals surface area contributed by atoms with Gasteiger partial charge in [-0.3, -0.25) is 0 Å². The van der Waals surface area contributed by atoms with Crippen molar-refractivity contribution in [2.75, 3.05) is 48.1 Å². The fraction of sp³-hybridized carbons (Fsp3) is 0.320. The van der Waals surface area contributed by atoms with Crippen molar-refractivity contribution in [3.05, 3.63) is 65.4 Å². The van der Waals surface area contributed by atoms with E-state index in [9.17, 15) is 4.79 Å². The first-order valence-electron chi connectivity index (χ1n) is 11.0. The summed E-state index contributed by atoms with van der Waals surface area (Å²) < 4.78 is 5.48. The van der Waals surface area contributed by atoms with Crippen LogP contribution in [0.1, 0.15) is 16.8 Å². The van der Waals surface area contributed by atoms with E-state index in [1.54, 1.807) is 0 Å². The zero-order chi connectivity index (χ0) is 23.2. The van der Waals surface area contributed by atoms with E-state index in [1.165, 1.54) is 11.8 Å². The molecule has 0 bridgehead atoms. The Labute approximate surface area is 199 Å². The lowest BCUT2D eigenvalue weighted by Gasteiger charge is -2.28. The van der Waals surface area contributed by atoms with Crippen molar-refractivity contribution in [2.24, 2.45) is 0 Å². The van der Waals surface area contributed by atoms with Crippen molar-refractivity contribution in [1.29, 1.82) is 0 Å². The minimum atomic E-state index is -0.269. The van der Waals surface area contributed by atoms with E-state index in [0.717, 1.165) is 52.7 Å². The number of hydrogen-bond donors (Lipinski definition) is 2. The highest BCUT2D eigenvalue weighted by atomic mass is 32.2. The van der Waals surface area contributed by atoms with Gasteiger partial charge in [-0.25, -0.2) is 14.8 Å². The number of morpholine rings is 1. The summed E-state index contributed by atoms with van der Waals surface area (Å²) in [6.45, 7) is 7.05. The van der Waals surface area contributed by atoms with Gasteiger partial charge in [-0.15, -0.1) is 0 Å². The van der Waals surface area contributed by atoms with E-state index >= 15 is 0 Å². The molecule has 0 spiro atoms. The number of benzene rings is 2. The van der Waals surface area contributed by atoms with Gasteiger partial charge in [0.1, 0.15) is 11.6 Å². The molecule has 2 amide bonds. The van der Waals surface area contributed by atoms with Crippen molar-refractivity contribution >= 4 is 35.0 Å². The number of anilines is 3.